The lowest BCUT2D eigenvalue weighted by atomic mass is 9.97. The topological polar surface area (TPSA) is 257 Å². The summed E-state index contributed by atoms with van der Waals surface area (Å²) in [6.45, 7) is 15.7. The summed E-state index contributed by atoms with van der Waals surface area (Å²) in [5.41, 5.74) is -2.45. The number of carbonyl (C=O) groups is 8. The highest BCUT2D eigenvalue weighted by atomic mass is 127. The van der Waals surface area contributed by atoms with Crippen molar-refractivity contribution < 1.29 is 99.9 Å². The Hall–Kier alpha value is -1.94. The van der Waals surface area contributed by atoms with E-state index in [1.165, 1.54) is 83.1 Å². The van der Waals surface area contributed by atoms with Crippen LogP contribution in [0.4, 0.5) is 0 Å². The van der Waals surface area contributed by atoms with Crippen molar-refractivity contribution in [2.24, 2.45) is 35.5 Å². The molecule has 1 saturated carbocycles. The molecular formula is C52H62I6O21. The molecule has 0 radical (unpaired) electrons. The molecule has 0 aromatic heterocycles. The van der Waals surface area contributed by atoms with Gasteiger partial charge in [0, 0.05) is 7.14 Å². The van der Waals surface area contributed by atoms with Gasteiger partial charge in [0.15, 0.2) is 37.6 Å². The molecule has 2 saturated heterocycles. The van der Waals surface area contributed by atoms with Crippen molar-refractivity contribution in [3.05, 3.63) is 45.7 Å². The highest BCUT2D eigenvalue weighted by molar-refractivity contribution is 14.1. The molecule has 0 N–H and O–H groups in total. The van der Waals surface area contributed by atoms with E-state index in [0.29, 0.717) is 18.6 Å². The number of benzene rings is 2. The van der Waals surface area contributed by atoms with Crippen molar-refractivity contribution in [2.45, 2.75) is 143 Å². The molecule has 0 spiro atoms. The first-order valence-electron chi connectivity index (χ1n) is 25.0. The fourth-order valence-corrected chi connectivity index (χ4v) is 15.4. The summed E-state index contributed by atoms with van der Waals surface area (Å²) in [5.74, 6) is -13.8. The van der Waals surface area contributed by atoms with Gasteiger partial charge in [-0.25, -0.2) is 9.59 Å². The molecule has 0 amide bonds. The average molecular weight is 1780 g/mol. The maximum atomic E-state index is 14.1. The Bertz CT molecular complexity index is 2560. The van der Waals surface area contributed by atoms with E-state index in [2.05, 4.69) is 136 Å². The molecule has 2 heterocycles. The molecule has 79 heavy (non-hydrogen) atoms. The molecule has 27 heteroatoms. The number of halogens is 6. The summed E-state index contributed by atoms with van der Waals surface area (Å²) in [6.07, 6.45) is -14.3. The molecular weight excluding hydrogens is 1720 g/mol. The molecule has 5 rings (SSSR count). The van der Waals surface area contributed by atoms with Crippen LogP contribution in [0, 0.1) is 56.9 Å². The van der Waals surface area contributed by atoms with Crippen molar-refractivity contribution in [3.8, 4) is 11.5 Å². The predicted molar refractivity (Wildman–Crippen MR) is 327 cm³/mol. The van der Waals surface area contributed by atoms with Gasteiger partial charge in [-0.2, -0.15) is 0 Å². The lowest BCUT2D eigenvalue weighted by Crippen LogP contribution is -2.64. The van der Waals surface area contributed by atoms with Gasteiger partial charge in [0.1, 0.15) is 36.9 Å². The SMILES string of the molecule is CC(C)C(=O)OC1[C@@]2(O[C@H]3O[C@H](COC(=O)COc4c(I)cc(I)cc4I)[C@@H](OC(=O)C(C)C)[C@H](OC(=O)C(C)C)[C@H]3OC(=O)C(C)C)O[C@H](COC(=O)COc3c(I)cc(I)cc3I)[C@@H](OC(=O)C(C)C)[C@@]12OC(=O)C(C)C. The molecule has 438 valence electrons. The first-order valence-corrected chi connectivity index (χ1v) is 31.4. The van der Waals surface area contributed by atoms with Gasteiger partial charge in [0.25, 0.3) is 11.4 Å². The normalized spacial score (nSPS) is 25.2. The van der Waals surface area contributed by atoms with Crippen molar-refractivity contribution in [2.75, 3.05) is 26.4 Å². The zero-order valence-electron chi connectivity index (χ0n) is 45.1. The standard InChI is InChI=1S/C52H62I6O21/c1-21(2)43(61)72-39-33(17-67-35(59)19-69-37-29(55)13-27(53)14-30(37)56)71-49(41(74-45(63)23(5)6)40(39)73-44(62)22(3)4)79-52-50(76-47(65)25(9)10)51(52,78-48(66)26(11)12)42(75-46(64)24(7)8)34(77-52)18-68-36(60)20-70-38-31(57)15-28(54)16-32(38)58/h13-16,21-26,33-34,39-42,49-50H,17-20H2,1-12H3/t33-,34-,39-,40+,41-,42-,49-,50?,51-,52+/m1/s1. The zero-order valence-corrected chi connectivity index (χ0v) is 58.0. The van der Waals surface area contributed by atoms with E-state index in [1.54, 1.807) is 0 Å². The van der Waals surface area contributed by atoms with Gasteiger partial charge in [0.05, 0.1) is 49.8 Å². The Kier molecular flexibility index (Phi) is 25.1. The highest BCUT2D eigenvalue weighted by Crippen LogP contribution is 2.66. The maximum absolute atomic E-state index is 14.1. The molecule has 0 bridgehead atoms. The molecule has 3 fully saturated rings. The maximum Gasteiger partial charge on any atom is 0.344 e. The van der Waals surface area contributed by atoms with Crippen LogP contribution in [-0.4, -0.2) is 135 Å². The van der Waals surface area contributed by atoms with E-state index in [9.17, 15) is 38.4 Å². The second-order valence-corrected chi connectivity index (χ2v) is 27.5. The third kappa shape index (κ3) is 16.7. The largest absolute Gasteiger partial charge is 0.480 e. The fraction of sp³-hybridized carbons (Fsp3) is 0.615. The van der Waals surface area contributed by atoms with Gasteiger partial charge < -0.3 is 61.6 Å². The van der Waals surface area contributed by atoms with Gasteiger partial charge in [-0.15, -0.1) is 0 Å². The van der Waals surface area contributed by atoms with Crippen LogP contribution in [0.5, 0.6) is 11.5 Å². The molecule has 21 nitrogen and oxygen atoms in total. The first-order chi connectivity index (χ1) is 36.8. The van der Waals surface area contributed by atoms with Gasteiger partial charge >= 0.3 is 47.8 Å². The number of ether oxygens (including phenoxy) is 13. The van der Waals surface area contributed by atoms with Crippen molar-refractivity contribution in [3.63, 3.8) is 0 Å². The summed E-state index contributed by atoms with van der Waals surface area (Å²) >= 11 is 12.6. The van der Waals surface area contributed by atoms with Gasteiger partial charge in [-0.05, 0) is 160 Å². The molecule has 1 aliphatic carbocycles. The van der Waals surface area contributed by atoms with E-state index < -0.39 is 170 Å². The molecule has 2 aromatic carbocycles. The van der Waals surface area contributed by atoms with Crippen LogP contribution >= 0.6 is 136 Å². The Balaban J connectivity index is 1.67. The van der Waals surface area contributed by atoms with Crippen LogP contribution in [-0.2, 0) is 90.5 Å². The number of esters is 8. The number of hydrogen-bond donors (Lipinski definition) is 0. The van der Waals surface area contributed by atoms with E-state index in [4.69, 9.17) is 61.6 Å². The lowest BCUT2D eigenvalue weighted by Gasteiger charge is -2.45. The van der Waals surface area contributed by atoms with E-state index in [0.717, 1.165) is 14.3 Å². The predicted octanol–water partition coefficient (Wildman–Crippen LogP) is 8.49. The summed E-state index contributed by atoms with van der Waals surface area (Å²) in [5, 5.41) is 0. The Morgan fingerprint density at radius 1 is 0.481 bits per heavy atom. The minimum atomic E-state index is -2.61. The summed E-state index contributed by atoms with van der Waals surface area (Å²) in [7, 11) is 0. The number of fused-ring (bicyclic) bond motifs is 1. The van der Waals surface area contributed by atoms with Crippen LogP contribution in [0.1, 0.15) is 83.1 Å². The summed E-state index contributed by atoms with van der Waals surface area (Å²) in [4.78, 5) is 110. The summed E-state index contributed by atoms with van der Waals surface area (Å²) < 4.78 is 84.7. The number of hydrogen-bond acceptors (Lipinski definition) is 21. The number of rotatable bonds is 24. The second kappa shape index (κ2) is 29.2. The monoisotopic (exact) mass is 1780 g/mol. The fourth-order valence-electron chi connectivity index (χ4n) is 7.58. The summed E-state index contributed by atoms with van der Waals surface area (Å²) in [6, 6.07) is 7.41. The van der Waals surface area contributed by atoms with Crippen LogP contribution in [0.2, 0.25) is 0 Å². The molecule has 2 aromatic rings. The first kappa shape index (κ1) is 67.8. The number of carbonyl (C=O) groups excluding carboxylic acids is 8. The van der Waals surface area contributed by atoms with Crippen LogP contribution in [0.3, 0.4) is 0 Å². The Morgan fingerprint density at radius 3 is 1.27 bits per heavy atom. The van der Waals surface area contributed by atoms with Gasteiger partial charge in [-0.1, -0.05) is 83.1 Å². The average Bonchev–Trinajstić information content (AvgIpc) is 2.58. The highest BCUT2D eigenvalue weighted by Gasteiger charge is 2.97. The Labute approximate surface area is 539 Å². The minimum Gasteiger partial charge on any atom is -0.480 e. The van der Waals surface area contributed by atoms with Crippen LogP contribution in [0.25, 0.3) is 0 Å². The molecule has 3 aliphatic rings. The minimum absolute atomic E-state index is 0.417. The smallest absolute Gasteiger partial charge is 0.344 e. The molecule has 1 unspecified atom stereocenters. The van der Waals surface area contributed by atoms with Crippen molar-refractivity contribution in [1.82, 2.24) is 0 Å². The van der Waals surface area contributed by atoms with Crippen LogP contribution < -0.4 is 9.47 Å². The Morgan fingerprint density at radius 2 is 0.848 bits per heavy atom. The second-order valence-electron chi connectivity index (χ2n) is 20.3. The third-order valence-corrected chi connectivity index (χ3v) is 16.4. The third-order valence-electron chi connectivity index (χ3n) is 11.9. The molecule has 10 atom stereocenters. The van der Waals surface area contributed by atoms with Crippen molar-refractivity contribution >= 4 is 183 Å². The quantitative estimate of drug-likeness (QED) is 0.0542. The van der Waals surface area contributed by atoms with E-state index in [-0.39, 0.29) is 0 Å². The van der Waals surface area contributed by atoms with Gasteiger partial charge in [0.2, 0.25) is 12.4 Å². The van der Waals surface area contributed by atoms with Crippen LogP contribution in [0.15, 0.2) is 24.3 Å². The van der Waals surface area contributed by atoms with E-state index >= 15 is 0 Å². The zero-order chi connectivity index (χ0) is 59.2. The van der Waals surface area contributed by atoms with Gasteiger partial charge in [-0.3, -0.25) is 28.8 Å². The van der Waals surface area contributed by atoms with Crippen molar-refractivity contribution in [1.29, 1.82) is 0 Å². The van der Waals surface area contributed by atoms with E-state index in [1.807, 2.05) is 24.3 Å². The molecule has 2 aliphatic heterocycles. The lowest BCUT2D eigenvalue weighted by molar-refractivity contribution is -0.357.